The van der Waals surface area contributed by atoms with Crippen LogP contribution in [0.5, 0.6) is 5.75 Å². The molecule has 6 N–H and O–H groups in total. The zero-order chi connectivity index (χ0) is 31.9. The minimum atomic E-state index is -4.91. The molecule has 1 unspecified atom stereocenters. The van der Waals surface area contributed by atoms with Gasteiger partial charge in [0.15, 0.2) is 5.82 Å². The molecular weight excluding hydrogens is 630 g/mol. The fourth-order valence-corrected chi connectivity index (χ4v) is 5.40. The van der Waals surface area contributed by atoms with Crippen molar-refractivity contribution in [1.82, 2.24) is 15.0 Å². The normalized spacial score (nSPS) is 13.3. The van der Waals surface area contributed by atoms with Crippen molar-refractivity contribution in [2.24, 2.45) is 10.2 Å². The van der Waals surface area contributed by atoms with Crippen molar-refractivity contribution in [3.63, 3.8) is 0 Å². The van der Waals surface area contributed by atoms with Crippen molar-refractivity contribution in [3.8, 4) is 5.75 Å². The molecule has 0 aliphatic carbocycles. The van der Waals surface area contributed by atoms with Crippen molar-refractivity contribution in [3.05, 3.63) is 54.1 Å². The lowest BCUT2D eigenvalue weighted by Crippen LogP contribution is -2.14. The van der Waals surface area contributed by atoms with Gasteiger partial charge in [0.05, 0.1) is 16.0 Å². The highest BCUT2D eigenvalue weighted by molar-refractivity contribution is 7.86. The van der Waals surface area contributed by atoms with Crippen molar-refractivity contribution >= 4 is 69.8 Å². The summed E-state index contributed by atoms with van der Waals surface area (Å²) in [6, 6.07) is 8.31. The number of aromatic nitrogens is 3. The van der Waals surface area contributed by atoms with E-state index in [0.29, 0.717) is 5.69 Å². The van der Waals surface area contributed by atoms with E-state index in [-0.39, 0.29) is 45.4 Å². The number of hydrogen-bond donors (Lipinski definition) is 6. The van der Waals surface area contributed by atoms with Crippen LogP contribution in [-0.4, -0.2) is 66.0 Å². The number of anilines is 3. The maximum atomic E-state index is 12.3. The number of nitrogens with one attached hydrogen (secondary N) is 2. The maximum Gasteiger partial charge on any atom is 0.296 e. The molecule has 0 saturated heterocycles. The van der Waals surface area contributed by atoms with Gasteiger partial charge in [-0.15, -0.1) is 10.2 Å². The van der Waals surface area contributed by atoms with Crippen LogP contribution >= 0.6 is 0 Å². The van der Waals surface area contributed by atoms with Crippen LogP contribution in [0.15, 0.2) is 62.5 Å². The second-order valence-electron chi connectivity index (χ2n) is 8.93. The van der Waals surface area contributed by atoms with Gasteiger partial charge in [-0.2, -0.15) is 35.2 Å². The second-order valence-corrected chi connectivity index (χ2v) is 13.5. The molecule has 228 valence electrons. The molecule has 0 bridgehead atoms. The molecule has 0 fully saturated rings. The van der Waals surface area contributed by atoms with Gasteiger partial charge >= 0.3 is 0 Å². The van der Waals surface area contributed by atoms with Crippen LogP contribution in [-0.2, 0) is 30.4 Å². The molecule has 0 saturated carbocycles. The fraction of sp³-hybridized carbons (Fsp3) is 0.174. The van der Waals surface area contributed by atoms with Crippen molar-refractivity contribution in [1.29, 1.82) is 0 Å². The Morgan fingerprint density at radius 3 is 2.16 bits per heavy atom. The van der Waals surface area contributed by atoms with Gasteiger partial charge in [0.2, 0.25) is 5.95 Å². The summed E-state index contributed by atoms with van der Waals surface area (Å²) >= 11 is 0. The Kier molecular flexibility index (Phi) is 8.37. The summed E-state index contributed by atoms with van der Waals surface area (Å²) in [6.07, 6.45) is 0. The lowest BCUT2D eigenvalue weighted by molar-refractivity contribution is 0.469. The van der Waals surface area contributed by atoms with E-state index >= 15 is 0 Å². The Morgan fingerprint density at radius 2 is 1.56 bits per heavy atom. The second kappa shape index (κ2) is 11.4. The van der Waals surface area contributed by atoms with Gasteiger partial charge in [-0.1, -0.05) is 6.07 Å². The monoisotopic (exact) mass is 653 g/mol. The zero-order valence-electron chi connectivity index (χ0n) is 22.3. The number of fused-ring (bicyclic) bond motifs is 1. The highest BCUT2D eigenvalue weighted by Crippen LogP contribution is 2.42. The molecule has 3 aromatic carbocycles. The van der Waals surface area contributed by atoms with Crippen molar-refractivity contribution in [2.75, 3.05) is 17.7 Å². The van der Waals surface area contributed by atoms with E-state index in [9.17, 15) is 44.0 Å². The number of phenolic OH excluding ortho intramolecular Hbond substituents is 1. The van der Waals surface area contributed by atoms with E-state index in [0.717, 1.165) is 25.1 Å². The number of aryl methyl sites for hydroxylation is 1. The number of aromatic hydroxyl groups is 1. The Balaban J connectivity index is 1.79. The van der Waals surface area contributed by atoms with E-state index in [2.05, 4.69) is 35.8 Å². The summed E-state index contributed by atoms with van der Waals surface area (Å²) in [4.78, 5) is 10.6. The molecule has 20 heteroatoms. The van der Waals surface area contributed by atoms with E-state index in [1.54, 1.807) is 0 Å². The average Bonchev–Trinajstić information content (AvgIpc) is 2.89. The van der Waals surface area contributed by atoms with Gasteiger partial charge in [-0.05, 0) is 49.6 Å². The molecule has 43 heavy (non-hydrogen) atoms. The molecule has 4 rings (SSSR count). The number of phenols is 1. The molecule has 0 aliphatic heterocycles. The molecule has 17 nitrogen and oxygen atoms in total. The first-order chi connectivity index (χ1) is 19.9. The molecule has 0 aliphatic rings. The molecule has 0 radical (unpaired) electrons. The largest absolute Gasteiger partial charge is 0.507 e. The van der Waals surface area contributed by atoms with Gasteiger partial charge in [-0.3, -0.25) is 13.7 Å². The molecule has 0 amide bonds. The van der Waals surface area contributed by atoms with Gasteiger partial charge in [0, 0.05) is 18.8 Å². The minimum Gasteiger partial charge on any atom is -0.507 e. The Labute approximate surface area is 245 Å². The summed E-state index contributed by atoms with van der Waals surface area (Å²) in [5, 5.41) is 22.8. The topological polar surface area (TPSA) is 271 Å². The summed E-state index contributed by atoms with van der Waals surface area (Å²) in [6.45, 7) is 2.60. The number of nitrogens with zero attached hydrogens (tertiary/aromatic N) is 5. The predicted octanol–water partition coefficient (Wildman–Crippen LogP) is 3.68. The fourth-order valence-electron chi connectivity index (χ4n) is 3.84. The van der Waals surface area contributed by atoms with Crippen LogP contribution in [0.4, 0.5) is 28.7 Å². The highest BCUT2D eigenvalue weighted by atomic mass is 32.2. The van der Waals surface area contributed by atoms with Crippen molar-refractivity contribution in [2.45, 2.75) is 28.9 Å². The summed E-state index contributed by atoms with van der Waals surface area (Å²) in [5.41, 5.74) is -0.0326. The maximum absolute atomic E-state index is 12.3. The molecule has 0 spiro atoms. The van der Waals surface area contributed by atoms with E-state index in [1.165, 1.54) is 38.2 Å². The summed E-state index contributed by atoms with van der Waals surface area (Å²) < 4.78 is 99.3. The number of rotatable bonds is 9. The SMILES string of the molecule is CNc1ccc2cc(S(=O)(=O)O)cc(O)c2c1N=Nc1ccc(Nc2nc(C)nc(C(C)S(=O)(=O)O)n2)cc1S(=O)(=O)O. The van der Waals surface area contributed by atoms with Gasteiger partial charge < -0.3 is 15.7 Å². The van der Waals surface area contributed by atoms with E-state index in [1.807, 2.05) is 0 Å². The number of hydrogen-bond acceptors (Lipinski definition) is 14. The molecule has 4 aromatic rings. The third-order valence-electron chi connectivity index (χ3n) is 5.94. The summed E-state index contributed by atoms with van der Waals surface area (Å²) in [7, 11) is -12.6. The zero-order valence-corrected chi connectivity index (χ0v) is 24.8. The number of benzene rings is 3. The first-order valence-corrected chi connectivity index (χ1v) is 16.2. The van der Waals surface area contributed by atoms with Crippen LogP contribution in [0, 0.1) is 6.92 Å². The Bertz CT molecular complexity index is 2120. The molecule has 1 atom stereocenters. The van der Waals surface area contributed by atoms with Crippen molar-refractivity contribution < 1.29 is 44.0 Å². The van der Waals surface area contributed by atoms with Crippen LogP contribution in [0.2, 0.25) is 0 Å². The third kappa shape index (κ3) is 7.01. The van der Waals surface area contributed by atoms with Gasteiger partial charge in [0.1, 0.15) is 33.1 Å². The smallest absolute Gasteiger partial charge is 0.296 e. The average molecular weight is 654 g/mol. The van der Waals surface area contributed by atoms with Crippen LogP contribution in [0.1, 0.15) is 23.8 Å². The molecular formula is C23H23N7O10S3. The van der Waals surface area contributed by atoms with E-state index < -0.39 is 51.1 Å². The standard InChI is InChI=1S/C23H23N7O10S3/c1-11(41(32,33)34)22-25-12(2)26-23(28-22)27-14-5-7-16(19(9-14)43(38,39)40)29-30-21-17(24-3)6-4-13-8-15(42(35,36)37)10-18(31)20(13)21/h4-11,24,31H,1-3H3,(H,32,33,34)(H,35,36,37)(H,38,39,40)(H,25,26,27,28). The Morgan fingerprint density at radius 1 is 0.860 bits per heavy atom. The van der Waals surface area contributed by atoms with Gasteiger partial charge in [-0.25, -0.2) is 4.98 Å². The first-order valence-electron chi connectivity index (χ1n) is 11.8. The minimum absolute atomic E-state index is 0.0230. The lowest BCUT2D eigenvalue weighted by Gasteiger charge is -2.12. The first kappa shape index (κ1) is 31.6. The molecule has 1 heterocycles. The van der Waals surface area contributed by atoms with Crippen LogP contribution < -0.4 is 10.6 Å². The van der Waals surface area contributed by atoms with Crippen LogP contribution in [0.3, 0.4) is 0 Å². The third-order valence-corrected chi connectivity index (χ3v) is 8.76. The lowest BCUT2D eigenvalue weighted by atomic mass is 10.1. The molecule has 1 aromatic heterocycles. The number of azo groups is 1. The predicted molar refractivity (Wildman–Crippen MR) is 153 cm³/mol. The Hall–Kier alpha value is -4.34. The highest BCUT2D eigenvalue weighted by Gasteiger charge is 2.24. The van der Waals surface area contributed by atoms with E-state index in [4.69, 9.17) is 0 Å². The van der Waals surface area contributed by atoms with Crippen LogP contribution in [0.25, 0.3) is 10.8 Å². The summed E-state index contributed by atoms with van der Waals surface area (Å²) in [5.74, 6) is -0.949. The quantitative estimate of drug-likeness (QED) is 0.111. The van der Waals surface area contributed by atoms with Gasteiger partial charge in [0.25, 0.3) is 30.4 Å².